The van der Waals surface area contributed by atoms with Crippen LogP contribution in [0.4, 0.5) is 5.69 Å². The third-order valence-corrected chi connectivity index (χ3v) is 4.66. The Balaban J connectivity index is 1.67. The lowest BCUT2D eigenvalue weighted by atomic mass is 10.1. The highest BCUT2D eigenvalue weighted by molar-refractivity contribution is 6.33. The molecule has 3 aromatic rings. The number of hydrogen-bond acceptors (Lipinski definition) is 3. The van der Waals surface area contributed by atoms with Crippen LogP contribution in [0.15, 0.2) is 73.1 Å². The van der Waals surface area contributed by atoms with Crippen molar-refractivity contribution < 1.29 is 9.59 Å². The summed E-state index contributed by atoms with van der Waals surface area (Å²) in [6.45, 7) is 0.568. The van der Waals surface area contributed by atoms with Crippen molar-refractivity contribution in [3.05, 3.63) is 94.8 Å². The Labute approximate surface area is 169 Å². The average Bonchev–Trinajstić information content (AvgIpc) is 2.74. The minimum absolute atomic E-state index is 0.138. The summed E-state index contributed by atoms with van der Waals surface area (Å²) in [6, 6.07) is 17.5. The van der Waals surface area contributed by atoms with E-state index in [-0.39, 0.29) is 11.8 Å². The predicted octanol–water partition coefficient (Wildman–Crippen LogP) is 4.30. The molecule has 0 radical (unpaired) electrons. The summed E-state index contributed by atoms with van der Waals surface area (Å²) in [7, 11) is 1.75. The van der Waals surface area contributed by atoms with E-state index in [4.69, 9.17) is 11.6 Å². The molecule has 5 nitrogen and oxygen atoms in total. The van der Waals surface area contributed by atoms with Crippen LogP contribution in [0.2, 0.25) is 5.02 Å². The molecule has 0 aliphatic rings. The largest absolute Gasteiger partial charge is 0.341 e. The number of para-hydroxylation sites is 1. The molecule has 1 aromatic heterocycles. The Morgan fingerprint density at radius 2 is 1.71 bits per heavy atom. The number of pyridine rings is 1. The van der Waals surface area contributed by atoms with Crippen molar-refractivity contribution in [3.63, 3.8) is 0 Å². The molecule has 3 rings (SSSR count). The van der Waals surface area contributed by atoms with Gasteiger partial charge in [-0.2, -0.15) is 0 Å². The van der Waals surface area contributed by atoms with Gasteiger partial charge in [0.1, 0.15) is 0 Å². The predicted molar refractivity (Wildman–Crippen MR) is 111 cm³/mol. The van der Waals surface area contributed by atoms with Crippen LogP contribution in [0.1, 0.15) is 26.3 Å². The summed E-state index contributed by atoms with van der Waals surface area (Å²) >= 11 is 6.08. The fraction of sp³-hybridized carbons (Fsp3) is 0.136. The molecule has 2 aromatic carbocycles. The number of halogens is 1. The van der Waals surface area contributed by atoms with Crippen LogP contribution >= 0.6 is 11.6 Å². The van der Waals surface area contributed by atoms with Gasteiger partial charge in [0.05, 0.1) is 10.7 Å². The van der Waals surface area contributed by atoms with Gasteiger partial charge in [0.25, 0.3) is 11.8 Å². The van der Waals surface area contributed by atoms with Gasteiger partial charge in [-0.3, -0.25) is 14.6 Å². The van der Waals surface area contributed by atoms with Crippen LogP contribution in [0.25, 0.3) is 0 Å². The third kappa shape index (κ3) is 4.96. The maximum Gasteiger partial charge on any atom is 0.255 e. The van der Waals surface area contributed by atoms with Gasteiger partial charge < -0.3 is 10.2 Å². The number of anilines is 1. The van der Waals surface area contributed by atoms with Gasteiger partial charge in [-0.15, -0.1) is 0 Å². The lowest BCUT2D eigenvalue weighted by Gasteiger charge is -2.17. The van der Waals surface area contributed by atoms with Crippen LogP contribution < -0.4 is 5.32 Å². The molecule has 6 heteroatoms. The summed E-state index contributed by atoms with van der Waals surface area (Å²) in [5.74, 6) is -0.455. The first kappa shape index (κ1) is 19.6. The fourth-order valence-corrected chi connectivity index (χ4v) is 2.90. The SMILES string of the molecule is CN(CCc1ccncc1)C(=O)c1cccc(C(=O)Nc2ccccc2Cl)c1. The van der Waals surface area contributed by atoms with Crippen molar-refractivity contribution >= 4 is 29.1 Å². The second kappa shape index (κ2) is 9.15. The molecular weight excluding hydrogens is 374 g/mol. The Kier molecular flexibility index (Phi) is 6.40. The molecule has 0 bridgehead atoms. The smallest absolute Gasteiger partial charge is 0.255 e. The summed E-state index contributed by atoms with van der Waals surface area (Å²) in [4.78, 5) is 30.9. The summed E-state index contributed by atoms with van der Waals surface area (Å²) < 4.78 is 0. The maximum atomic E-state index is 12.7. The monoisotopic (exact) mass is 393 g/mol. The molecule has 0 unspecified atom stereocenters. The summed E-state index contributed by atoms with van der Waals surface area (Å²) in [5, 5.41) is 3.22. The summed E-state index contributed by atoms with van der Waals surface area (Å²) in [5.41, 5.74) is 2.50. The topological polar surface area (TPSA) is 62.3 Å². The Morgan fingerprint density at radius 3 is 2.46 bits per heavy atom. The number of carbonyl (C=O) groups excluding carboxylic acids is 2. The zero-order valence-electron chi connectivity index (χ0n) is 15.4. The molecule has 1 heterocycles. The van der Waals surface area contributed by atoms with E-state index < -0.39 is 0 Å². The van der Waals surface area contributed by atoms with Crippen molar-refractivity contribution in [2.24, 2.45) is 0 Å². The Hall–Kier alpha value is -3.18. The van der Waals surface area contributed by atoms with Gasteiger partial charge >= 0.3 is 0 Å². The van der Waals surface area contributed by atoms with Crippen LogP contribution in [0, 0.1) is 0 Å². The summed E-state index contributed by atoms with van der Waals surface area (Å²) in [6.07, 6.45) is 4.20. The maximum absolute atomic E-state index is 12.7. The van der Waals surface area contributed by atoms with E-state index in [1.165, 1.54) is 0 Å². The van der Waals surface area contributed by atoms with Gasteiger partial charge in [-0.05, 0) is 54.4 Å². The number of hydrogen-bond donors (Lipinski definition) is 1. The Morgan fingerprint density at radius 1 is 1.00 bits per heavy atom. The van der Waals surface area contributed by atoms with Gasteiger partial charge in [-0.25, -0.2) is 0 Å². The van der Waals surface area contributed by atoms with Crippen LogP contribution in [0.3, 0.4) is 0 Å². The number of carbonyl (C=O) groups is 2. The third-order valence-electron chi connectivity index (χ3n) is 4.33. The molecule has 0 saturated heterocycles. The van der Waals surface area contributed by atoms with Crippen LogP contribution in [-0.4, -0.2) is 35.3 Å². The second-order valence-electron chi connectivity index (χ2n) is 6.35. The second-order valence-corrected chi connectivity index (χ2v) is 6.75. The number of amides is 2. The molecule has 0 spiro atoms. The van der Waals surface area contributed by atoms with Gasteiger partial charge in [0, 0.05) is 37.1 Å². The standard InChI is InChI=1S/C22H20ClN3O2/c1-26(14-11-16-9-12-24-13-10-16)22(28)18-6-4-5-17(15-18)21(27)25-20-8-3-2-7-19(20)23/h2-10,12-13,15H,11,14H2,1H3,(H,25,27). The number of likely N-dealkylation sites (N-methyl/N-ethyl adjacent to an activating group) is 1. The molecule has 0 aliphatic carbocycles. The van der Waals surface area contributed by atoms with E-state index in [0.29, 0.717) is 28.4 Å². The molecule has 0 atom stereocenters. The van der Waals surface area contributed by atoms with Crippen molar-refractivity contribution in [1.82, 2.24) is 9.88 Å². The van der Waals surface area contributed by atoms with Crippen LogP contribution in [0.5, 0.6) is 0 Å². The molecular formula is C22H20ClN3O2. The van der Waals surface area contributed by atoms with Crippen LogP contribution in [-0.2, 0) is 6.42 Å². The fourth-order valence-electron chi connectivity index (χ4n) is 2.72. The van der Waals surface area contributed by atoms with Crippen molar-refractivity contribution in [2.75, 3.05) is 18.9 Å². The zero-order valence-corrected chi connectivity index (χ0v) is 16.2. The first-order valence-electron chi connectivity index (χ1n) is 8.85. The average molecular weight is 394 g/mol. The molecule has 0 fully saturated rings. The van der Waals surface area contributed by atoms with E-state index in [2.05, 4.69) is 10.3 Å². The van der Waals surface area contributed by atoms with Crippen molar-refractivity contribution in [2.45, 2.75) is 6.42 Å². The number of aromatic nitrogens is 1. The molecule has 0 aliphatic heterocycles. The van der Waals surface area contributed by atoms with E-state index in [9.17, 15) is 9.59 Å². The molecule has 28 heavy (non-hydrogen) atoms. The molecule has 0 saturated carbocycles. The van der Waals surface area contributed by atoms with Crippen molar-refractivity contribution in [1.29, 1.82) is 0 Å². The Bertz CT molecular complexity index is 976. The van der Waals surface area contributed by atoms with Gasteiger partial charge in [0.2, 0.25) is 0 Å². The van der Waals surface area contributed by atoms with Gasteiger partial charge in [-0.1, -0.05) is 29.8 Å². The number of nitrogens with zero attached hydrogens (tertiary/aromatic N) is 2. The lowest BCUT2D eigenvalue weighted by molar-refractivity contribution is 0.0796. The molecule has 1 N–H and O–H groups in total. The molecule has 142 valence electrons. The zero-order chi connectivity index (χ0) is 19.9. The van der Waals surface area contributed by atoms with Crippen molar-refractivity contribution in [3.8, 4) is 0 Å². The van der Waals surface area contributed by atoms with Gasteiger partial charge in [0.15, 0.2) is 0 Å². The number of benzene rings is 2. The number of nitrogens with one attached hydrogen (secondary N) is 1. The molecule has 2 amide bonds. The van der Waals surface area contributed by atoms with E-state index >= 15 is 0 Å². The highest BCUT2D eigenvalue weighted by Gasteiger charge is 2.15. The normalized spacial score (nSPS) is 10.4. The number of rotatable bonds is 6. The first-order valence-corrected chi connectivity index (χ1v) is 9.22. The minimum atomic E-state index is -0.317. The highest BCUT2D eigenvalue weighted by Crippen LogP contribution is 2.21. The minimum Gasteiger partial charge on any atom is -0.341 e. The highest BCUT2D eigenvalue weighted by atomic mass is 35.5. The quantitative estimate of drug-likeness (QED) is 0.679. The first-order chi connectivity index (χ1) is 13.5. The van der Waals surface area contributed by atoms with E-state index in [1.54, 1.807) is 72.9 Å². The van der Waals surface area contributed by atoms with E-state index in [0.717, 1.165) is 12.0 Å². The lowest BCUT2D eigenvalue weighted by Crippen LogP contribution is -2.29. The van der Waals surface area contributed by atoms with E-state index in [1.807, 2.05) is 12.1 Å².